The number of aryl methyl sites for hydroxylation is 1. The highest BCUT2D eigenvalue weighted by atomic mass is 32.2. The van der Waals surface area contributed by atoms with E-state index in [1.165, 1.54) is 21.2 Å². The molecule has 0 aliphatic carbocycles. The van der Waals surface area contributed by atoms with Gasteiger partial charge in [-0.3, -0.25) is 0 Å². The molecule has 1 atom stereocenters. The fourth-order valence-electron chi connectivity index (χ4n) is 3.66. The van der Waals surface area contributed by atoms with Crippen LogP contribution in [0.5, 0.6) is 23.0 Å². The van der Waals surface area contributed by atoms with Gasteiger partial charge in [0.05, 0.1) is 14.2 Å². The van der Waals surface area contributed by atoms with Crippen LogP contribution in [0.1, 0.15) is 11.1 Å². The van der Waals surface area contributed by atoms with Gasteiger partial charge in [0.25, 0.3) is 0 Å². The first-order valence-electron chi connectivity index (χ1n) is 8.22. The lowest BCUT2D eigenvalue weighted by atomic mass is 9.99. The van der Waals surface area contributed by atoms with Crippen LogP contribution < -0.4 is 29.4 Å². The monoisotopic (exact) mass is 354 g/mol. The highest BCUT2D eigenvalue weighted by Gasteiger charge is 2.24. The molecular weight excluding hydrogens is 336 g/mol. The molecule has 0 N–H and O–H groups in total. The largest absolute Gasteiger partial charge is 0.493 e. The number of methoxy groups -OCH3 is 2. The van der Waals surface area contributed by atoms with E-state index in [-0.39, 0.29) is 10.5 Å². The molecule has 5 heteroatoms. The second-order valence-electron chi connectivity index (χ2n) is 6.18. The fraction of sp³-hybridized carbons (Fsp3) is 0.250. The molecule has 1 unspecified atom stereocenters. The van der Waals surface area contributed by atoms with Crippen molar-refractivity contribution >= 4 is 26.8 Å². The quantitative estimate of drug-likeness (QED) is 0.773. The van der Waals surface area contributed by atoms with E-state index in [1.54, 1.807) is 14.2 Å². The third kappa shape index (κ3) is 2.19. The fourth-order valence-corrected chi connectivity index (χ4v) is 5.85. The van der Waals surface area contributed by atoms with Crippen molar-refractivity contribution in [3.05, 3.63) is 45.8 Å². The summed E-state index contributed by atoms with van der Waals surface area (Å²) < 4.78 is 22.2. The first kappa shape index (κ1) is 14.9. The van der Waals surface area contributed by atoms with Crippen molar-refractivity contribution in [3.63, 3.8) is 0 Å². The van der Waals surface area contributed by atoms with E-state index in [0.717, 1.165) is 40.4 Å². The summed E-state index contributed by atoms with van der Waals surface area (Å²) in [5.41, 5.74) is 2.63. The number of hydrogen-bond acceptors (Lipinski definition) is 4. The van der Waals surface area contributed by atoms with E-state index in [0.29, 0.717) is 6.79 Å². The van der Waals surface area contributed by atoms with E-state index in [9.17, 15) is 0 Å². The molecule has 0 spiro atoms. The predicted octanol–water partition coefficient (Wildman–Crippen LogP) is 2.01. The summed E-state index contributed by atoms with van der Waals surface area (Å²) in [4.78, 5) is 1.37. The standard InChI is InChI=1S/C20H18O4S/c1-21-16-4-3-12-8-19-14-9-18-17(23-11-24-18)7-13(14)5-6-25(19)10-15(12)20(16)22-2/h3-4,7-10H,5-6,11H2,1-2H3. The van der Waals surface area contributed by atoms with E-state index < -0.39 is 0 Å². The minimum absolute atomic E-state index is 0.0602. The van der Waals surface area contributed by atoms with Gasteiger partial charge >= 0.3 is 0 Å². The van der Waals surface area contributed by atoms with Gasteiger partial charge in [0.2, 0.25) is 6.79 Å². The molecular formula is C20H18O4S. The molecule has 0 fully saturated rings. The second kappa shape index (κ2) is 5.56. The number of benzene rings is 2. The summed E-state index contributed by atoms with van der Waals surface area (Å²) in [6.07, 6.45) is 3.34. The van der Waals surface area contributed by atoms with Crippen LogP contribution in [-0.4, -0.2) is 31.6 Å². The lowest BCUT2D eigenvalue weighted by Crippen LogP contribution is -2.31. The first-order chi connectivity index (χ1) is 12.3. The zero-order valence-electron chi connectivity index (χ0n) is 14.1. The van der Waals surface area contributed by atoms with Gasteiger partial charge in [0.15, 0.2) is 23.0 Å². The maximum atomic E-state index is 5.63. The van der Waals surface area contributed by atoms with Crippen molar-refractivity contribution in [1.82, 2.24) is 0 Å². The third-order valence-corrected chi connectivity index (χ3v) is 6.97. The second-order valence-corrected chi connectivity index (χ2v) is 8.12. The maximum Gasteiger partial charge on any atom is 0.231 e. The summed E-state index contributed by atoms with van der Waals surface area (Å²) in [6.45, 7) is 0.314. The van der Waals surface area contributed by atoms with Crippen molar-refractivity contribution in [2.45, 2.75) is 6.42 Å². The van der Waals surface area contributed by atoms with Crippen LogP contribution in [0.25, 0.3) is 11.5 Å². The van der Waals surface area contributed by atoms with Crippen molar-refractivity contribution in [3.8, 4) is 23.0 Å². The van der Waals surface area contributed by atoms with Gasteiger partial charge in [-0.05, 0) is 58.2 Å². The molecule has 0 aromatic heterocycles. The summed E-state index contributed by atoms with van der Waals surface area (Å²) >= 11 is 0. The smallest absolute Gasteiger partial charge is 0.231 e. The summed E-state index contributed by atoms with van der Waals surface area (Å²) in [5.74, 6) is 4.42. The Morgan fingerprint density at radius 1 is 1.04 bits per heavy atom. The Labute approximate surface area is 148 Å². The van der Waals surface area contributed by atoms with E-state index >= 15 is 0 Å². The Kier molecular flexibility index (Phi) is 3.31. The van der Waals surface area contributed by atoms with E-state index in [1.807, 2.05) is 6.07 Å². The molecule has 5 rings (SSSR count). The van der Waals surface area contributed by atoms with Crippen LogP contribution in [0, 0.1) is 0 Å². The summed E-state index contributed by atoms with van der Waals surface area (Å²) in [7, 11) is 3.44. The molecule has 2 aromatic rings. The van der Waals surface area contributed by atoms with Gasteiger partial charge < -0.3 is 18.9 Å². The number of fused-ring (bicyclic) bond motifs is 4. The van der Waals surface area contributed by atoms with Crippen LogP contribution in [0.2, 0.25) is 0 Å². The Hall–Kier alpha value is -2.40. The molecule has 2 aromatic carbocycles. The molecule has 0 amide bonds. The van der Waals surface area contributed by atoms with Gasteiger partial charge in [-0.25, -0.2) is 0 Å². The van der Waals surface area contributed by atoms with Crippen LogP contribution in [0.4, 0.5) is 0 Å². The predicted molar refractivity (Wildman–Crippen MR) is 101 cm³/mol. The van der Waals surface area contributed by atoms with Crippen molar-refractivity contribution in [2.24, 2.45) is 0 Å². The molecule has 4 nitrogen and oxygen atoms in total. The maximum absolute atomic E-state index is 5.63. The molecule has 3 aliphatic heterocycles. The molecule has 128 valence electrons. The van der Waals surface area contributed by atoms with Gasteiger partial charge in [-0.1, -0.05) is 6.07 Å². The van der Waals surface area contributed by atoms with Gasteiger partial charge in [0.1, 0.15) is 0 Å². The molecule has 0 radical (unpaired) electrons. The van der Waals surface area contributed by atoms with Crippen molar-refractivity contribution < 1.29 is 18.9 Å². The number of hydrogen-bond donors (Lipinski definition) is 0. The summed E-state index contributed by atoms with van der Waals surface area (Å²) in [5, 5.41) is 4.65. The average molecular weight is 354 g/mol. The molecule has 25 heavy (non-hydrogen) atoms. The zero-order chi connectivity index (χ0) is 17.0. The van der Waals surface area contributed by atoms with Crippen LogP contribution in [0.15, 0.2) is 24.3 Å². The van der Waals surface area contributed by atoms with Crippen LogP contribution >= 0.6 is 10.5 Å². The van der Waals surface area contributed by atoms with E-state index in [2.05, 4.69) is 29.7 Å². The molecule has 0 saturated carbocycles. The average Bonchev–Trinajstić information content (AvgIpc) is 3.11. The van der Waals surface area contributed by atoms with Crippen molar-refractivity contribution in [2.75, 3.05) is 26.8 Å². The van der Waals surface area contributed by atoms with Gasteiger partial charge in [0, 0.05) is 10.1 Å². The van der Waals surface area contributed by atoms with Gasteiger partial charge in [-0.2, -0.15) is 10.5 Å². The minimum atomic E-state index is 0.0602. The highest BCUT2D eigenvalue weighted by Crippen LogP contribution is 2.40. The topological polar surface area (TPSA) is 36.9 Å². The van der Waals surface area contributed by atoms with E-state index in [4.69, 9.17) is 18.9 Å². The van der Waals surface area contributed by atoms with Crippen LogP contribution in [-0.2, 0) is 6.42 Å². The minimum Gasteiger partial charge on any atom is -0.493 e. The molecule has 3 heterocycles. The molecule has 3 aliphatic rings. The Balaban J connectivity index is 1.74. The highest BCUT2D eigenvalue weighted by molar-refractivity contribution is 8.23. The Morgan fingerprint density at radius 3 is 2.68 bits per heavy atom. The third-order valence-electron chi connectivity index (χ3n) is 4.90. The molecule has 0 bridgehead atoms. The zero-order valence-corrected chi connectivity index (χ0v) is 14.9. The Morgan fingerprint density at radius 2 is 1.88 bits per heavy atom. The Bertz CT molecular complexity index is 1050. The van der Waals surface area contributed by atoms with Gasteiger partial charge in [-0.15, -0.1) is 0 Å². The number of rotatable bonds is 2. The summed E-state index contributed by atoms with van der Waals surface area (Å²) in [6, 6.07) is 8.35. The number of ether oxygens (including phenoxy) is 4. The normalized spacial score (nSPS) is 19.1. The lowest BCUT2D eigenvalue weighted by molar-refractivity contribution is 0.174. The SMILES string of the molecule is COc1ccc2c(c1OC)=CS1=C(C=2)c2cc3c(cc2CC1)OCO3. The first-order valence-corrected chi connectivity index (χ1v) is 9.68. The van der Waals surface area contributed by atoms with Crippen molar-refractivity contribution in [1.29, 1.82) is 0 Å². The van der Waals surface area contributed by atoms with Crippen LogP contribution in [0.3, 0.4) is 0 Å². The lowest BCUT2D eigenvalue weighted by Gasteiger charge is -2.24. The molecule has 0 saturated heterocycles.